The van der Waals surface area contributed by atoms with Gasteiger partial charge in [-0.3, -0.25) is 0 Å². The second kappa shape index (κ2) is 4.41. The monoisotopic (exact) mass is 289 g/mol. The van der Waals surface area contributed by atoms with Crippen LogP contribution in [0.25, 0.3) is 0 Å². The number of alkyl carbamates (subject to hydrolysis) is 1. The molecule has 15 heavy (non-hydrogen) atoms. The lowest BCUT2D eigenvalue weighted by Crippen LogP contribution is -2.35. The summed E-state index contributed by atoms with van der Waals surface area (Å²) in [5.74, 6) is 0. The summed E-state index contributed by atoms with van der Waals surface area (Å²) >= 11 is 9.27. The largest absolute Gasteiger partial charge is 0.449 e. The number of carbonyl (C=O) groups excluding carboxylic acids is 1. The van der Waals surface area contributed by atoms with Crippen LogP contribution in [0.15, 0.2) is 22.7 Å². The number of carbonyl (C=O) groups is 1. The number of ether oxygens (including phenoxy) is 1. The Morgan fingerprint density at radius 3 is 3.00 bits per heavy atom. The van der Waals surface area contributed by atoms with Gasteiger partial charge in [0.2, 0.25) is 0 Å². The molecule has 0 bridgehead atoms. The molecule has 1 saturated heterocycles. The van der Waals surface area contributed by atoms with Gasteiger partial charge in [0.1, 0.15) is 0 Å². The fraction of sp³-hybridized carbons (Fsp3) is 0.300. The average Bonchev–Trinajstić information content (AvgIpc) is 2.17. The molecule has 0 unspecified atom stereocenters. The molecule has 1 aromatic rings. The normalized spacial score (nSPS) is 20.7. The molecule has 0 spiro atoms. The van der Waals surface area contributed by atoms with Gasteiger partial charge in [0, 0.05) is 15.9 Å². The highest BCUT2D eigenvalue weighted by Crippen LogP contribution is 2.29. The molecule has 1 atom stereocenters. The number of nitrogens with one attached hydrogen (secondary N) is 1. The fourth-order valence-electron chi connectivity index (χ4n) is 1.54. The first-order chi connectivity index (χ1) is 7.16. The van der Waals surface area contributed by atoms with Gasteiger partial charge in [-0.25, -0.2) is 4.79 Å². The van der Waals surface area contributed by atoms with Gasteiger partial charge >= 0.3 is 6.09 Å². The Bertz CT molecular complexity index is 397. The average molecular weight is 291 g/mol. The van der Waals surface area contributed by atoms with E-state index in [2.05, 4.69) is 21.2 Å². The molecular formula is C10H9BrClNO2. The van der Waals surface area contributed by atoms with E-state index in [9.17, 15) is 4.79 Å². The predicted molar refractivity (Wildman–Crippen MR) is 61.0 cm³/mol. The molecule has 1 amide bonds. The Labute approximate surface area is 101 Å². The molecule has 3 nitrogen and oxygen atoms in total. The van der Waals surface area contributed by atoms with Crippen LogP contribution in [-0.4, -0.2) is 12.7 Å². The van der Waals surface area contributed by atoms with E-state index < -0.39 is 0 Å². The van der Waals surface area contributed by atoms with Gasteiger partial charge in [0.15, 0.2) is 0 Å². The first-order valence-corrected chi connectivity index (χ1v) is 5.72. The summed E-state index contributed by atoms with van der Waals surface area (Å²) < 4.78 is 5.71. The van der Waals surface area contributed by atoms with Crippen LogP contribution in [0.3, 0.4) is 0 Å². The molecule has 1 heterocycles. The molecule has 1 aliphatic heterocycles. The maximum atomic E-state index is 11.1. The maximum Gasteiger partial charge on any atom is 0.407 e. The first-order valence-electron chi connectivity index (χ1n) is 4.55. The van der Waals surface area contributed by atoms with Crippen molar-refractivity contribution in [1.29, 1.82) is 0 Å². The van der Waals surface area contributed by atoms with Crippen LogP contribution in [0.4, 0.5) is 4.79 Å². The molecule has 1 aliphatic rings. The molecule has 0 saturated carbocycles. The lowest BCUT2D eigenvalue weighted by molar-refractivity contribution is 0.115. The minimum atomic E-state index is -0.367. The highest BCUT2D eigenvalue weighted by molar-refractivity contribution is 9.10. The van der Waals surface area contributed by atoms with Gasteiger partial charge in [-0.15, -0.1) is 0 Å². The van der Waals surface area contributed by atoms with Crippen molar-refractivity contribution >= 4 is 33.6 Å². The van der Waals surface area contributed by atoms with Crippen LogP contribution >= 0.6 is 27.5 Å². The van der Waals surface area contributed by atoms with Crippen LogP contribution in [-0.2, 0) is 4.74 Å². The van der Waals surface area contributed by atoms with Crippen LogP contribution in [0.5, 0.6) is 0 Å². The van der Waals surface area contributed by atoms with E-state index in [1.807, 2.05) is 18.2 Å². The zero-order chi connectivity index (χ0) is 10.8. The van der Waals surface area contributed by atoms with Gasteiger partial charge in [0.05, 0.1) is 12.6 Å². The summed E-state index contributed by atoms with van der Waals surface area (Å²) in [6.45, 7) is 0.450. The second-order valence-electron chi connectivity index (χ2n) is 3.29. The molecular weight excluding hydrogens is 281 g/mol. The summed E-state index contributed by atoms with van der Waals surface area (Å²) in [5.41, 5.74) is 1.02. The second-order valence-corrected chi connectivity index (χ2v) is 4.58. The quantitative estimate of drug-likeness (QED) is 0.862. The Morgan fingerprint density at radius 2 is 2.33 bits per heavy atom. The van der Waals surface area contributed by atoms with Crippen molar-refractivity contribution in [3.63, 3.8) is 0 Å². The van der Waals surface area contributed by atoms with Crippen LogP contribution < -0.4 is 5.32 Å². The standard InChI is InChI=1S/C10H9BrClNO2/c11-8-5-6(12)1-2-7(8)9-3-4-15-10(14)13-9/h1-2,5,9H,3-4H2,(H,13,14)/t9-/m1/s1. The number of benzene rings is 1. The molecule has 0 aliphatic carbocycles. The molecule has 80 valence electrons. The van der Waals surface area contributed by atoms with Crippen LogP contribution in [0, 0.1) is 0 Å². The van der Waals surface area contributed by atoms with Crippen molar-refractivity contribution in [3.05, 3.63) is 33.3 Å². The molecule has 1 N–H and O–H groups in total. The van der Waals surface area contributed by atoms with Crippen molar-refractivity contribution in [2.75, 3.05) is 6.61 Å². The summed E-state index contributed by atoms with van der Waals surface area (Å²) in [4.78, 5) is 11.1. The SMILES string of the molecule is O=C1N[C@@H](c2ccc(Cl)cc2Br)CCO1. The topological polar surface area (TPSA) is 38.3 Å². The number of rotatable bonds is 1. The van der Waals surface area contributed by atoms with E-state index in [-0.39, 0.29) is 12.1 Å². The maximum absolute atomic E-state index is 11.1. The smallest absolute Gasteiger partial charge is 0.407 e. The predicted octanol–water partition coefficient (Wildman–Crippen LogP) is 3.27. The van der Waals surface area contributed by atoms with E-state index >= 15 is 0 Å². The number of amides is 1. The number of halogens is 2. The number of cyclic esters (lactones) is 1. The minimum Gasteiger partial charge on any atom is -0.449 e. The van der Waals surface area contributed by atoms with E-state index in [0.29, 0.717) is 11.6 Å². The zero-order valence-corrected chi connectivity index (χ0v) is 10.1. The van der Waals surface area contributed by atoms with Crippen molar-refractivity contribution < 1.29 is 9.53 Å². The highest BCUT2D eigenvalue weighted by Gasteiger charge is 2.22. The molecule has 1 aromatic carbocycles. The third-order valence-electron chi connectivity index (χ3n) is 2.27. The summed E-state index contributed by atoms with van der Waals surface area (Å²) in [6, 6.07) is 5.53. The molecule has 0 radical (unpaired) electrons. The third kappa shape index (κ3) is 2.44. The van der Waals surface area contributed by atoms with Crippen molar-refractivity contribution in [1.82, 2.24) is 5.32 Å². The summed E-state index contributed by atoms with van der Waals surface area (Å²) in [7, 11) is 0. The third-order valence-corrected chi connectivity index (χ3v) is 3.19. The Kier molecular flexibility index (Phi) is 3.17. The van der Waals surface area contributed by atoms with Crippen molar-refractivity contribution in [2.24, 2.45) is 0 Å². The number of hydrogen-bond acceptors (Lipinski definition) is 2. The number of hydrogen-bond donors (Lipinski definition) is 1. The lowest BCUT2D eigenvalue weighted by Gasteiger charge is -2.24. The van der Waals surface area contributed by atoms with E-state index in [1.165, 1.54) is 0 Å². The van der Waals surface area contributed by atoms with E-state index in [1.54, 1.807) is 0 Å². The highest BCUT2D eigenvalue weighted by atomic mass is 79.9. The first kappa shape index (κ1) is 10.8. The molecule has 5 heteroatoms. The Hall–Kier alpha value is -0.740. The summed E-state index contributed by atoms with van der Waals surface area (Å²) in [5, 5.41) is 3.43. The summed E-state index contributed by atoms with van der Waals surface area (Å²) in [6.07, 6.45) is 0.402. The van der Waals surface area contributed by atoms with E-state index in [0.717, 1.165) is 16.5 Å². The zero-order valence-electron chi connectivity index (χ0n) is 7.80. The van der Waals surface area contributed by atoms with Gasteiger partial charge in [-0.05, 0) is 17.7 Å². The van der Waals surface area contributed by atoms with Crippen molar-refractivity contribution in [3.8, 4) is 0 Å². The van der Waals surface area contributed by atoms with Crippen LogP contribution in [0.2, 0.25) is 5.02 Å². The Balaban J connectivity index is 2.24. The van der Waals surface area contributed by atoms with Gasteiger partial charge in [0.25, 0.3) is 0 Å². The molecule has 1 fully saturated rings. The minimum absolute atomic E-state index is 0.00195. The molecule has 2 rings (SSSR count). The lowest BCUT2D eigenvalue weighted by atomic mass is 10.0. The van der Waals surface area contributed by atoms with Gasteiger partial charge in [-0.1, -0.05) is 33.6 Å². The van der Waals surface area contributed by atoms with E-state index in [4.69, 9.17) is 16.3 Å². The fourth-order valence-corrected chi connectivity index (χ4v) is 2.50. The molecule has 0 aromatic heterocycles. The van der Waals surface area contributed by atoms with Gasteiger partial charge < -0.3 is 10.1 Å². The Morgan fingerprint density at radius 1 is 1.53 bits per heavy atom. The van der Waals surface area contributed by atoms with Gasteiger partial charge in [-0.2, -0.15) is 0 Å². The van der Waals surface area contributed by atoms with Crippen molar-refractivity contribution in [2.45, 2.75) is 12.5 Å². The van der Waals surface area contributed by atoms with Crippen LogP contribution in [0.1, 0.15) is 18.0 Å².